The Morgan fingerprint density at radius 3 is 2.11 bits per heavy atom. The van der Waals surface area contributed by atoms with Crippen molar-refractivity contribution >= 4 is 0 Å². The lowest BCUT2D eigenvalue weighted by Gasteiger charge is -2.29. The summed E-state index contributed by atoms with van der Waals surface area (Å²) in [5, 5.41) is 3.22. The van der Waals surface area contributed by atoms with Crippen LogP contribution in [0.5, 0.6) is 0 Å². The van der Waals surface area contributed by atoms with E-state index in [1.807, 2.05) is 7.05 Å². The van der Waals surface area contributed by atoms with Crippen LogP contribution in [0.4, 0.5) is 0 Å². The first kappa shape index (κ1) is 17.9. The number of rotatable bonds is 11. The molecule has 0 saturated heterocycles. The van der Waals surface area contributed by atoms with Crippen molar-refractivity contribution in [1.29, 1.82) is 0 Å². The maximum absolute atomic E-state index is 3.22. The predicted octanol–water partition coefficient (Wildman–Crippen LogP) is 2.43. The third-order valence-corrected chi connectivity index (χ3v) is 3.90. The highest BCUT2D eigenvalue weighted by atomic mass is 15.2. The SMILES string of the molecule is CCC(C)N(C)CCCN(CCCNC)C(C)C. The molecule has 0 aromatic heterocycles. The third-order valence-electron chi connectivity index (χ3n) is 3.90. The fraction of sp³-hybridized carbons (Fsp3) is 1.00. The fourth-order valence-corrected chi connectivity index (χ4v) is 2.14. The predicted molar refractivity (Wildman–Crippen MR) is 82.3 cm³/mol. The Morgan fingerprint density at radius 1 is 1.00 bits per heavy atom. The zero-order chi connectivity index (χ0) is 14.0. The van der Waals surface area contributed by atoms with E-state index in [9.17, 15) is 0 Å². The summed E-state index contributed by atoms with van der Waals surface area (Å²) in [6.45, 7) is 14.0. The van der Waals surface area contributed by atoms with E-state index in [2.05, 4.69) is 49.9 Å². The fourth-order valence-electron chi connectivity index (χ4n) is 2.14. The Morgan fingerprint density at radius 2 is 1.61 bits per heavy atom. The van der Waals surface area contributed by atoms with E-state index in [1.165, 1.54) is 38.9 Å². The average molecular weight is 257 g/mol. The Balaban J connectivity index is 3.82. The second kappa shape index (κ2) is 10.8. The molecule has 0 aliphatic rings. The van der Waals surface area contributed by atoms with Gasteiger partial charge < -0.3 is 15.1 Å². The third kappa shape index (κ3) is 8.06. The van der Waals surface area contributed by atoms with Gasteiger partial charge in [-0.25, -0.2) is 0 Å². The summed E-state index contributed by atoms with van der Waals surface area (Å²) in [6.07, 6.45) is 3.76. The molecule has 0 bridgehead atoms. The van der Waals surface area contributed by atoms with Gasteiger partial charge in [0.05, 0.1) is 0 Å². The van der Waals surface area contributed by atoms with Gasteiger partial charge in [0, 0.05) is 12.1 Å². The van der Waals surface area contributed by atoms with E-state index in [0.717, 1.165) is 6.54 Å². The molecule has 0 radical (unpaired) electrons. The topological polar surface area (TPSA) is 18.5 Å². The van der Waals surface area contributed by atoms with Gasteiger partial charge in [-0.2, -0.15) is 0 Å². The molecule has 1 N–H and O–H groups in total. The van der Waals surface area contributed by atoms with Crippen molar-refractivity contribution in [1.82, 2.24) is 15.1 Å². The van der Waals surface area contributed by atoms with Crippen LogP contribution in [0.1, 0.15) is 47.0 Å². The van der Waals surface area contributed by atoms with Crippen molar-refractivity contribution < 1.29 is 0 Å². The van der Waals surface area contributed by atoms with Crippen LogP contribution in [0.15, 0.2) is 0 Å². The van der Waals surface area contributed by atoms with Crippen molar-refractivity contribution in [2.24, 2.45) is 0 Å². The van der Waals surface area contributed by atoms with Gasteiger partial charge in [-0.1, -0.05) is 6.92 Å². The second-order valence-corrected chi connectivity index (χ2v) is 5.68. The first-order valence-electron chi connectivity index (χ1n) is 7.61. The van der Waals surface area contributed by atoms with Crippen LogP contribution < -0.4 is 5.32 Å². The standard InChI is InChI=1S/C15H35N3/c1-7-15(4)17(6)11-9-13-18(14(2)3)12-8-10-16-5/h14-16H,7-13H2,1-6H3. The van der Waals surface area contributed by atoms with Crippen LogP contribution in [-0.4, -0.2) is 62.2 Å². The van der Waals surface area contributed by atoms with Crippen LogP contribution in [0.2, 0.25) is 0 Å². The lowest BCUT2D eigenvalue weighted by atomic mass is 10.2. The quantitative estimate of drug-likeness (QED) is 0.574. The van der Waals surface area contributed by atoms with Crippen molar-refractivity contribution in [3.63, 3.8) is 0 Å². The molecule has 0 aliphatic carbocycles. The van der Waals surface area contributed by atoms with E-state index in [1.54, 1.807) is 0 Å². The molecule has 0 aliphatic heterocycles. The largest absolute Gasteiger partial charge is 0.320 e. The minimum Gasteiger partial charge on any atom is -0.320 e. The smallest absolute Gasteiger partial charge is 0.00612 e. The van der Waals surface area contributed by atoms with E-state index >= 15 is 0 Å². The summed E-state index contributed by atoms with van der Waals surface area (Å²) in [7, 11) is 4.27. The highest BCUT2D eigenvalue weighted by Gasteiger charge is 2.10. The highest BCUT2D eigenvalue weighted by molar-refractivity contribution is 4.66. The molecule has 1 unspecified atom stereocenters. The van der Waals surface area contributed by atoms with Crippen molar-refractivity contribution in [2.75, 3.05) is 40.3 Å². The molecular weight excluding hydrogens is 222 g/mol. The Bertz CT molecular complexity index is 183. The van der Waals surface area contributed by atoms with Gasteiger partial charge in [0.1, 0.15) is 0 Å². The summed E-state index contributed by atoms with van der Waals surface area (Å²) < 4.78 is 0. The van der Waals surface area contributed by atoms with Gasteiger partial charge in [0.15, 0.2) is 0 Å². The van der Waals surface area contributed by atoms with Crippen LogP contribution in [0, 0.1) is 0 Å². The lowest BCUT2D eigenvalue weighted by Crippen LogP contribution is -2.36. The molecule has 3 heteroatoms. The summed E-state index contributed by atoms with van der Waals surface area (Å²) in [4.78, 5) is 5.08. The molecule has 0 spiro atoms. The van der Waals surface area contributed by atoms with Gasteiger partial charge in [-0.05, 0) is 80.3 Å². The number of hydrogen-bond acceptors (Lipinski definition) is 3. The molecule has 0 fully saturated rings. The highest BCUT2D eigenvalue weighted by Crippen LogP contribution is 2.04. The molecule has 0 aromatic rings. The number of nitrogens with zero attached hydrogens (tertiary/aromatic N) is 2. The van der Waals surface area contributed by atoms with E-state index in [-0.39, 0.29) is 0 Å². The summed E-state index contributed by atoms with van der Waals surface area (Å²) in [6, 6.07) is 1.37. The lowest BCUT2D eigenvalue weighted by molar-refractivity contribution is 0.189. The maximum Gasteiger partial charge on any atom is 0.00612 e. The first-order valence-corrected chi connectivity index (χ1v) is 7.61. The molecule has 110 valence electrons. The molecule has 18 heavy (non-hydrogen) atoms. The van der Waals surface area contributed by atoms with Crippen LogP contribution >= 0.6 is 0 Å². The Kier molecular flexibility index (Phi) is 10.7. The van der Waals surface area contributed by atoms with E-state index in [4.69, 9.17) is 0 Å². The first-order chi connectivity index (χ1) is 8.52. The summed E-state index contributed by atoms with van der Waals surface area (Å²) >= 11 is 0. The maximum atomic E-state index is 3.22. The van der Waals surface area contributed by atoms with Crippen molar-refractivity contribution in [3.05, 3.63) is 0 Å². The molecule has 0 aromatic carbocycles. The Labute approximate surface area is 115 Å². The molecule has 1 atom stereocenters. The van der Waals surface area contributed by atoms with Gasteiger partial charge >= 0.3 is 0 Å². The zero-order valence-electron chi connectivity index (χ0n) is 13.5. The normalized spacial score (nSPS) is 13.8. The van der Waals surface area contributed by atoms with Gasteiger partial charge in [-0.15, -0.1) is 0 Å². The van der Waals surface area contributed by atoms with Crippen molar-refractivity contribution in [2.45, 2.75) is 59.0 Å². The van der Waals surface area contributed by atoms with Gasteiger partial charge in [0.25, 0.3) is 0 Å². The second-order valence-electron chi connectivity index (χ2n) is 5.68. The minimum atomic E-state index is 0.663. The number of hydrogen-bond donors (Lipinski definition) is 1. The average Bonchev–Trinajstić information content (AvgIpc) is 2.35. The Hall–Kier alpha value is -0.120. The summed E-state index contributed by atoms with van der Waals surface area (Å²) in [5.74, 6) is 0. The zero-order valence-corrected chi connectivity index (χ0v) is 13.5. The molecule has 0 amide bonds. The van der Waals surface area contributed by atoms with Crippen molar-refractivity contribution in [3.8, 4) is 0 Å². The van der Waals surface area contributed by atoms with E-state index < -0.39 is 0 Å². The molecule has 0 saturated carbocycles. The van der Waals surface area contributed by atoms with E-state index in [0.29, 0.717) is 12.1 Å². The van der Waals surface area contributed by atoms with Crippen LogP contribution in [0.25, 0.3) is 0 Å². The molecule has 0 rings (SSSR count). The molecule has 0 heterocycles. The van der Waals surface area contributed by atoms with Crippen LogP contribution in [-0.2, 0) is 0 Å². The monoisotopic (exact) mass is 257 g/mol. The van der Waals surface area contributed by atoms with Gasteiger partial charge in [-0.3, -0.25) is 0 Å². The molecule has 3 nitrogen and oxygen atoms in total. The summed E-state index contributed by atoms with van der Waals surface area (Å²) in [5.41, 5.74) is 0. The minimum absolute atomic E-state index is 0.663. The van der Waals surface area contributed by atoms with Crippen LogP contribution in [0.3, 0.4) is 0 Å². The number of nitrogens with one attached hydrogen (secondary N) is 1. The molecular formula is C15H35N3. The van der Waals surface area contributed by atoms with Gasteiger partial charge in [0.2, 0.25) is 0 Å².